The van der Waals surface area contributed by atoms with Gasteiger partial charge < -0.3 is 10.7 Å². The Kier molecular flexibility index (Phi) is 6.96. The highest BCUT2D eigenvalue weighted by atomic mass is 14.9. The van der Waals surface area contributed by atoms with Gasteiger partial charge in [-0.25, -0.2) is 0 Å². The van der Waals surface area contributed by atoms with Crippen molar-refractivity contribution < 1.29 is 0 Å². The van der Waals surface area contributed by atoms with E-state index in [1.165, 1.54) is 83.6 Å². The van der Waals surface area contributed by atoms with E-state index in [1.54, 1.807) is 17.4 Å². The fraction of sp³-hybridized carbons (Fsp3) is 0.808. The van der Waals surface area contributed by atoms with E-state index in [-0.39, 0.29) is 0 Å². The van der Waals surface area contributed by atoms with Gasteiger partial charge in [-0.1, -0.05) is 18.6 Å². The maximum atomic E-state index is 7.65. The van der Waals surface area contributed by atoms with Crippen molar-refractivity contribution >= 4 is 6.21 Å². The van der Waals surface area contributed by atoms with Gasteiger partial charge in [-0.3, -0.25) is 0 Å². The largest absolute Gasteiger partial charge is 0.391 e. The van der Waals surface area contributed by atoms with E-state index in [0.29, 0.717) is 5.92 Å². The second-order valence-electron chi connectivity index (χ2n) is 10.2. The van der Waals surface area contributed by atoms with Crippen molar-refractivity contribution in [3.8, 4) is 0 Å². The summed E-state index contributed by atoms with van der Waals surface area (Å²) in [6.07, 6.45) is 24.8. The smallest absolute Gasteiger partial charge is 0.0179 e. The normalized spacial score (nSPS) is 37.5. The van der Waals surface area contributed by atoms with Gasteiger partial charge in [0.15, 0.2) is 0 Å². The molecule has 0 saturated heterocycles. The van der Waals surface area contributed by atoms with Crippen LogP contribution in [0.2, 0.25) is 0 Å². The lowest BCUT2D eigenvalue weighted by atomic mass is 9.65. The molecule has 2 fully saturated rings. The molecular weight excluding hydrogens is 340 g/mol. The van der Waals surface area contributed by atoms with Gasteiger partial charge in [0.25, 0.3) is 0 Å². The molecule has 1 heterocycles. The van der Waals surface area contributed by atoms with Crippen LogP contribution < -0.4 is 5.32 Å². The lowest BCUT2D eigenvalue weighted by molar-refractivity contribution is 0.126. The molecule has 2 heteroatoms. The van der Waals surface area contributed by atoms with Crippen LogP contribution in [0.15, 0.2) is 23.4 Å². The molecule has 2 atom stereocenters. The summed E-state index contributed by atoms with van der Waals surface area (Å²) in [6.45, 7) is 3.40. The molecule has 2 N–H and O–H groups in total. The van der Waals surface area contributed by atoms with Crippen molar-refractivity contribution in [1.29, 1.82) is 5.41 Å². The molecule has 156 valence electrons. The summed E-state index contributed by atoms with van der Waals surface area (Å²) in [5, 5.41) is 11.1. The molecule has 4 rings (SSSR count). The summed E-state index contributed by atoms with van der Waals surface area (Å²) in [5.41, 5.74) is 3.28. The highest BCUT2D eigenvalue weighted by molar-refractivity contribution is 5.61. The van der Waals surface area contributed by atoms with Gasteiger partial charge in [0.2, 0.25) is 0 Å². The quantitative estimate of drug-likeness (QED) is 0.381. The Morgan fingerprint density at radius 3 is 2.07 bits per heavy atom. The minimum atomic E-state index is 0.419. The number of hydrogen-bond acceptors (Lipinski definition) is 2. The highest BCUT2D eigenvalue weighted by Crippen LogP contribution is 2.46. The number of allylic oxidation sites excluding steroid dienone is 2. The third-order valence-corrected chi connectivity index (χ3v) is 8.90. The molecule has 4 aliphatic rings. The van der Waals surface area contributed by atoms with Crippen LogP contribution in [-0.2, 0) is 0 Å². The van der Waals surface area contributed by atoms with Crippen LogP contribution in [0.3, 0.4) is 0 Å². The molecule has 0 spiro atoms. The van der Waals surface area contributed by atoms with Crippen molar-refractivity contribution in [3.63, 3.8) is 0 Å². The minimum Gasteiger partial charge on any atom is -0.391 e. The molecule has 1 aliphatic heterocycles. The Hall–Kier alpha value is -1.05. The molecule has 28 heavy (non-hydrogen) atoms. The summed E-state index contributed by atoms with van der Waals surface area (Å²) in [7, 11) is 0. The maximum Gasteiger partial charge on any atom is 0.0179 e. The van der Waals surface area contributed by atoms with Gasteiger partial charge in [-0.15, -0.1) is 0 Å². The topological polar surface area (TPSA) is 35.9 Å². The molecule has 3 aliphatic carbocycles. The summed E-state index contributed by atoms with van der Waals surface area (Å²) in [4.78, 5) is 0. The first-order chi connectivity index (χ1) is 13.8. The van der Waals surface area contributed by atoms with Crippen LogP contribution >= 0.6 is 0 Å². The first kappa shape index (κ1) is 20.2. The summed E-state index contributed by atoms with van der Waals surface area (Å²) in [6, 6.07) is 0. The highest BCUT2D eigenvalue weighted by Gasteiger charge is 2.34. The van der Waals surface area contributed by atoms with E-state index in [0.717, 1.165) is 36.0 Å². The fourth-order valence-electron chi connectivity index (χ4n) is 6.99. The Morgan fingerprint density at radius 1 is 0.929 bits per heavy atom. The van der Waals surface area contributed by atoms with Crippen molar-refractivity contribution in [2.75, 3.05) is 6.54 Å². The first-order valence-corrected chi connectivity index (χ1v) is 12.4. The van der Waals surface area contributed by atoms with Gasteiger partial charge in [0, 0.05) is 18.7 Å². The molecule has 0 aromatic heterocycles. The summed E-state index contributed by atoms with van der Waals surface area (Å²) >= 11 is 0. The Labute approximate surface area is 173 Å². The molecular formula is C26H42N2. The zero-order chi connectivity index (χ0) is 19.3. The Balaban J connectivity index is 1.21. The zero-order valence-electron chi connectivity index (χ0n) is 18.1. The first-order valence-electron chi connectivity index (χ1n) is 12.4. The summed E-state index contributed by atoms with van der Waals surface area (Å²) in [5.74, 6) is 5.31. The number of rotatable bonds is 6. The molecule has 2 nitrogen and oxygen atoms in total. The monoisotopic (exact) mass is 382 g/mol. The van der Waals surface area contributed by atoms with Crippen LogP contribution in [0, 0.1) is 40.9 Å². The van der Waals surface area contributed by atoms with Crippen molar-refractivity contribution in [3.05, 3.63) is 23.4 Å². The lowest BCUT2D eigenvalue weighted by Gasteiger charge is -2.40. The molecule has 0 aromatic carbocycles. The third kappa shape index (κ3) is 4.57. The second kappa shape index (κ2) is 9.63. The maximum absolute atomic E-state index is 7.65. The average molecular weight is 383 g/mol. The van der Waals surface area contributed by atoms with Gasteiger partial charge in [0.05, 0.1) is 0 Å². The van der Waals surface area contributed by atoms with E-state index in [2.05, 4.69) is 24.5 Å². The minimum absolute atomic E-state index is 0.419. The van der Waals surface area contributed by atoms with Crippen molar-refractivity contribution in [2.45, 2.75) is 90.4 Å². The second-order valence-corrected chi connectivity index (χ2v) is 10.2. The number of hydrogen-bond donors (Lipinski definition) is 2. The molecule has 0 radical (unpaired) electrons. The predicted molar refractivity (Wildman–Crippen MR) is 120 cm³/mol. The van der Waals surface area contributed by atoms with Crippen LogP contribution in [0.1, 0.15) is 90.4 Å². The van der Waals surface area contributed by atoms with Gasteiger partial charge in [0.1, 0.15) is 0 Å². The van der Waals surface area contributed by atoms with E-state index >= 15 is 0 Å². The van der Waals surface area contributed by atoms with E-state index < -0.39 is 0 Å². The fourth-order valence-corrected chi connectivity index (χ4v) is 6.99. The average Bonchev–Trinajstić information content (AvgIpc) is 3.30. The van der Waals surface area contributed by atoms with Crippen LogP contribution in [-0.4, -0.2) is 12.8 Å². The van der Waals surface area contributed by atoms with Crippen LogP contribution in [0.25, 0.3) is 0 Å². The Bertz CT molecular complexity index is 573. The van der Waals surface area contributed by atoms with Crippen LogP contribution in [0.4, 0.5) is 0 Å². The van der Waals surface area contributed by atoms with Gasteiger partial charge >= 0.3 is 0 Å². The van der Waals surface area contributed by atoms with Crippen LogP contribution in [0.5, 0.6) is 0 Å². The molecule has 0 aromatic rings. The zero-order valence-corrected chi connectivity index (χ0v) is 18.1. The molecule has 0 bridgehead atoms. The molecule has 0 amide bonds. The third-order valence-electron chi connectivity index (χ3n) is 8.90. The Morgan fingerprint density at radius 2 is 1.57 bits per heavy atom. The van der Waals surface area contributed by atoms with Crippen molar-refractivity contribution in [2.24, 2.45) is 35.5 Å². The standard InChI is InChI=1S/C26H42N2/c1-2-19(17-27)20-3-5-21(6-4-20)22-7-9-23(10-8-22)24-11-13-25(14-12-24)26-15-16-28-18-26/h3,17-19,21-25,27-28H,2,4-16H2,1H3/t19?,21?,22?,23?,24-,25+. The molecule has 2 saturated carbocycles. The molecule has 2 unspecified atom stereocenters. The van der Waals surface area contributed by atoms with E-state index in [1.807, 2.05) is 0 Å². The summed E-state index contributed by atoms with van der Waals surface area (Å²) < 4.78 is 0. The van der Waals surface area contributed by atoms with Gasteiger partial charge in [-0.2, -0.15) is 0 Å². The van der Waals surface area contributed by atoms with E-state index in [9.17, 15) is 0 Å². The van der Waals surface area contributed by atoms with Crippen molar-refractivity contribution in [1.82, 2.24) is 5.32 Å². The van der Waals surface area contributed by atoms with Gasteiger partial charge in [-0.05, 0) is 125 Å². The number of nitrogens with one attached hydrogen (secondary N) is 2. The predicted octanol–water partition coefficient (Wildman–Crippen LogP) is 6.88. The van der Waals surface area contributed by atoms with E-state index in [4.69, 9.17) is 5.41 Å². The lowest BCUT2D eigenvalue weighted by Crippen LogP contribution is -2.29. The SMILES string of the molecule is CCC(C=N)C1=CCC(C2CCC([C@H]3CC[C@@H](C4=CNCC4)CC3)CC2)CC1.